The van der Waals surface area contributed by atoms with Crippen molar-refractivity contribution >= 4 is 34.0 Å². The maximum atomic E-state index is 12.3. The summed E-state index contributed by atoms with van der Waals surface area (Å²) in [6, 6.07) is 5.17. The molecule has 4 nitrogen and oxygen atoms in total. The summed E-state index contributed by atoms with van der Waals surface area (Å²) >= 11 is 5.95. The standard InChI is InChI=1S/C14H21ClN2O2S/c1-4-16-13-6-5-11(15)9-12(13)14(18)17-10(2)7-8-20(3)19/h5-6,9-10,16H,4,7-8H2,1-3H3,(H,17,18). The SMILES string of the molecule is CCNc1ccc(Cl)cc1C(=O)NC(C)CCS(C)=O. The van der Waals surface area contributed by atoms with Crippen LogP contribution in [0.15, 0.2) is 18.2 Å². The molecule has 0 aromatic heterocycles. The predicted octanol–water partition coefficient (Wildman–Crippen LogP) is 2.66. The Hall–Kier alpha value is -1.07. The van der Waals surface area contributed by atoms with Crippen LogP contribution in [0.4, 0.5) is 5.69 Å². The smallest absolute Gasteiger partial charge is 0.253 e. The summed E-state index contributed by atoms with van der Waals surface area (Å²) in [4.78, 5) is 12.3. The molecule has 1 amide bonds. The minimum atomic E-state index is -0.841. The maximum Gasteiger partial charge on any atom is 0.253 e. The molecule has 0 bridgehead atoms. The molecule has 1 rings (SSSR count). The lowest BCUT2D eigenvalue weighted by molar-refractivity contribution is 0.0940. The number of halogens is 1. The fraction of sp³-hybridized carbons (Fsp3) is 0.500. The molecule has 0 aliphatic rings. The van der Waals surface area contributed by atoms with Gasteiger partial charge in [-0.3, -0.25) is 9.00 Å². The molecular weight excluding hydrogens is 296 g/mol. The zero-order valence-electron chi connectivity index (χ0n) is 12.0. The van der Waals surface area contributed by atoms with E-state index in [9.17, 15) is 9.00 Å². The third-order valence-electron chi connectivity index (χ3n) is 2.81. The van der Waals surface area contributed by atoms with E-state index in [4.69, 9.17) is 11.6 Å². The number of amides is 1. The first-order chi connectivity index (χ1) is 9.43. The van der Waals surface area contributed by atoms with Crippen molar-refractivity contribution < 1.29 is 9.00 Å². The Morgan fingerprint density at radius 3 is 2.75 bits per heavy atom. The highest BCUT2D eigenvalue weighted by atomic mass is 35.5. The van der Waals surface area contributed by atoms with Crippen LogP contribution >= 0.6 is 11.6 Å². The molecule has 0 aliphatic carbocycles. The fourth-order valence-corrected chi connectivity index (χ4v) is 2.62. The molecule has 0 saturated heterocycles. The molecule has 1 aromatic rings. The van der Waals surface area contributed by atoms with Gasteiger partial charge in [-0.15, -0.1) is 0 Å². The second-order valence-corrected chi connectivity index (χ2v) is 6.65. The summed E-state index contributed by atoms with van der Waals surface area (Å²) in [6.07, 6.45) is 2.35. The molecule has 6 heteroatoms. The van der Waals surface area contributed by atoms with Gasteiger partial charge >= 0.3 is 0 Å². The lowest BCUT2D eigenvalue weighted by Gasteiger charge is -2.16. The first-order valence-electron chi connectivity index (χ1n) is 6.58. The summed E-state index contributed by atoms with van der Waals surface area (Å²) in [5.41, 5.74) is 1.30. The zero-order chi connectivity index (χ0) is 15.1. The highest BCUT2D eigenvalue weighted by Gasteiger charge is 2.14. The molecular formula is C14H21ClN2O2S. The molecule has 2 N–H and O–H groups in total. The minimum absolute atomic E-state index is 0.0279. The van der Waals surface area contributed by atoms with Gasteiger partial charge in [0.1, 0.15) is 0 Å². The van der Waals surface area contributed by atoms with Gasteiger partial charge in [0.15, 0.2) is 0 Å². The molecule has 2 atom stereocenters. The van der Waals surface area contributed by atoms with Gasteiger partial charge in [-0.2, -0.15) is 0 Å². The molecule has 0 radical (unpaired) electrons. The summed E-state index contributed by atoms with van der Waals surface area (Å²) in [6.45, 7) is 4.60. The highest BCUT2D eigenvalue weighted by molar-refractivity contribution is 7.84. The van der Waals surface area contributed by atoms with Crippen LogP contribution in [-0.4, -0.2) is 34.7 Å². The molecule has 0 saturated carbocycles. The normalized spacial score (nSPS) is 13.6. The van der Waals surface area contributed by atoms with E-state index >= 15 is 0 Å². The van der Waals surface area contributed by atoms with Gasteiger partial charge in [-0.05, 0) is 38.5 Å². The van der Waals surface area contributed by atoms with Gasteiger partial charge in [0.25, 0.3) is 5.91 Å². The van der Waals surface area contributed by atoms with Crippen molar-refractivity contribution in [2.75, 3.05) is 23.9 Å². The topological polar surface area (TPSA) is 58.2 Å². The lowest BCUT2D eigenvalue weighted by Crippen LogP contribution is -2.34. The Balaban J connectivity index is 2.75. The quantitative estimate of drug-likeness (QED) is 0.813. The molecule has 20 heavy (non-hydrogen) atoms. The fourth-order valence-electron chi connectivity index (χ4n) is 1.77. The Morgan fingerprint density at radius 1 is 1.45 bits per heavy atom. The van der Waals surface area contributed by atoms with Gasteiger partial charge in [-0.1, -0.05) is 11.6 Å². The van der Waals surface area contributed by atoms with Gasteiger partial charge in [0.05, 0.1) is 5.56 Å². The van der Waals surface area contributed by atoms with Crippen LogP contribution in [-0.2, 0) is 10.8 Å². The second kappa shape index (κ2) is 8.27. The van der Waals surface area contributed by atoms with Crippen molar-refractivity contribution in [3.8, 4) is 0 Å². The van der Waals surface area contributed by atoms with Crippen LogP contribution in [0, 0.1) is 0 Å². The number of hydrogen-bond donors (Lipinski definition) is 2. The number of carbonyl (C=O) groups excluding carboxylic acids is 1. The summed E-state index contributed by atoms with van der Waals surface area (Å²) in [5.74, 6) is 0.412. The van der Waals surface area contributed by atoms with E-state index in [-0.39, 0.29) is 11.9 Å². The molecule has 2 unspecified atom stereocenters. The molecule has 0 aliphatic heterocycles. The Labute approximate surface area is 127 Å². The number of carbonyl (C=O) groups is 1. The molecule has 1 aromatic carbocycles. The number of anilines is 1. The van der Waals surface area contributed by atoms with Crippen LogP contribution in [0.25, 0.3) is 0 Å². The van der Waals surface area contributed by atoms with Gasteiger partial charge in [0.2, 0.25) is 0 Å². The van der Waals surface area contributed by atoms with Crippen LogP contribution in [0.3, 0.4) is 0 Å². The van der Waals surface area contributed by atoms with Crippen LogP contribution in [0.1, 0.15) is 30.6 Å². The van der Waals surface area contributed by atoms with Crippen molar-refractivity contribution in [3.05, 3.63) is 28.8 Å². The van der Waals surface area contributed by atoms with E-state index in [0.717, 1.165) is 12.2 Å². The number of hydrogen-bond acceptors (Lipinski definition) is 3. The van der Waals surface area contributed by atoms with E-state index in [0.29, 0.717) is 22.8 Å². The van der Waals surface area contributed by atoms with Crippen molar-refractivity contribution in [1.82, 2.24) is 5.32 Å². The van der Waals surface area contributed by atoms with Crippen molar-refractivity contribution in [2.45, 2.75) is 26.3 Å². The zero-order valence-corrected chi connectivity index (χ0v) is 13.6. The van der Waals surface area contributed by atoms with E-state index in [1.54, 1.807) is 24.5 Å². The number of rotatable bonds is 7. The maximum absolute atomic E-state index is 12.3. The Morgan fingerprint density at radius 2 is 2.15 bits per heavy atom. The lowest BCUT2D eigenvalue weighted by atomic mass is 10.1. The van der Waals surface area contributed by atoms with E-state index < -0.39 is 10.8 Å². The van der Waals surface area contributed by atoms with E-state index in [2.05, 4.69) is 10.6 Å². The average Bonchev–Trinajstić information content (AvgIpc) is 2.38. The monoisotopic (exact) mass is 316 g/mol. The largest absolute Gasteiger partial charge is 0.385 e. The minimum Gasteiger partial charge on any atom is -0.385 e. The third-order valence-corrected chi connectivity index (χ3v) is 3.85. The van der Waals surface area contributed by atoms with Gasteiger partial charge < -0.3 is 10.6 Å². The molecule has 0 spiro atoms. The Bertz CT molecular complexity index is 494. The second-order valence-electron chi connectivity index (χ2n) is 4.66. The van der Waals surface area contributed by atoms with Crippen molar-refractivity contribution in [2.24, 2.45) is 0 Å². The first kappa shape index (κ1) is 17.0. The van der Waals surface area contributed by atoms with E-state index in [1.165, 1.54) is 0 Å². The highest BCUT2D eigenvalue weighted by Crippen LogP contribution is 2.20. The number of nitrogens with one attached hydrogen (secondary N) is 2. The van der Waals surface area contributed by atoms with Crippen molar-refractivity contribution in [3.63, 3.8) is 0 Å². The molecule has 0 fully saturated rings. The van der Waals surface area contributed by atoms with Crippen LogP contribution in [0.5, 0.6) is 0 Å². The van der Waals surface area contributed by atoms with Crippen LogP contribution < -0.4 is 10.6 Å². The van der Waals surface area contributed by atoms with Gasteiger partial charge in [0, 0.05) is 46.1 Å². The predicted molar refractivity (Wildman–Crippen MR) is 86.1 cm³/mol. The molecule has 0 heterocycles. The number of benzene rings is 1. The first-order valence-corrected chi connectivity index (χ1v) is 8.68. The average molecular weight is 317 g/mol. The van der Waals surface area contributed by atoms with Crippen LogP contribution in [0.2, 0.25) is 5.02 Å². The summed E-state index contributed by atoms with van der Waals surface area (Å²) in [7, 11) is -0.841. The van der Waals surface area contributed by atoms with E-state index in [1.807, 2.05) is 13.8 Å². The molecule has 112 valence electrons. The summed E-state index contributed by atoms with van der Waals surface area (Å²) < 4.78 is 11.1. The van der Waals surface area contributed by atoms with Crippen molar-refractivity contribution in [1.29, 1.82) is 0 Å². The summed E-state index contributed by atoms with van der Waals surface area (Å²) in [5, 5.41) is 6.57. The third kappa shape index (κ3) is 5.51. The van der Waals surface area contributed by atoms with Gasteiger partial charge in [-0.25, -0.2) is 0 Å². The Kier molecular flexibility index (Phi) is 7.02.